The van der Waals surface area contributed by atoms with E-state index in [0.717, 1.165) is 18.7 Å². The second-order valence-electron chi connectivity index (χ2n) is 4.91. The van der Waals surface area contributed by atoms with Gasteiger partial charge in [-0.05, 0) is 32.4 Å². The minimum atomic E-state index is -0.316. The van der Waals surface area contributed by atoms with Crippen LogP contribution in [0.5, 0.6) is 0 Å². The van der Waals surface area contributed by atoms with Crippen LogP contribution < -0.4 is 5.32 Å². The molecule has 1 fully saturated rings. The Morgan fingerprint density at radius 2 is 2.35 bits per heavy atom. The third kappa shape index (κ3) is 2.64. The van der Waals surface area contributed by atoms with Gasteiger partial charge in [-0.3, -0.25) is 4.98 Å². The topological polar surface area (TPSA) is 34.2 Å². The van der Waals surface area contributed by atoms with Gasteiger partial charge >= 0.3 is 0 Å². The average molecular weight is 238 g/mol. The highest BCUT2D eigenvalue weighted by molar-refractivity contribution is 5.12. The summed E-state index contributed by atoms with van der Waals surface area (Å²) in [5.41, 5.74) is 0.610. The molecule has 1 aromatic heterocycles. The number of nitrogens with zero attached hydrogens (tertiary/aromatic N) is 1. The van der Waals surface area contributed by atoms with Crippen LogP contribution in [-0.2, 0) is 4.74 Å². The summed E-state index contributed by atoms with van der Waals surface area (Å²) in [6.45, 7) is 7.09. The molecule has 0 amide bonds. The number of halogens is 1. The van der Waals surface area contributed by atoms with Crippen molar-refractivity contribution in [3.63, 3.8) is 0 Å². The van der Waals surface area contributed by atoms with Crippen molar-refractivity contribution in [2.24, 2.45) is 0 Å². The van der Waals surface area contributed by atoms with Gasteiger partial charge in [0.05, 0.1) is 17.5 Å². The van der Waals surface area contributed by atoms with Crippen molar-refractivity contribution in [3.05, 3.63) is 29.8 Å². The van der Waals surface area contributed by atoms with Crippen molar-refractivity contribution >= 4 is 0 Å². The van der Waals surface area contributed by atoms with Gasteiger partial charge in [-0.1, -0.05) is 6.92 Å². The molecule has 4 heteroatoms. The van der Waals surface area contributed by atoms with Gasteiger partial charge in [0.1, 0.15) is 11.9 Å². The Hall–Kier alpha value is -1.00. The van der Waals surface area contributed by atoms with E-state index >= 15 is 0 Å². The molecule has 2 rings (SSSR count). The molecule has 0 saturated carbocycles. The lowest BCUT2D eigenvalue weighted by Gasteiger charge is -2.42. The highest BCUT2D eigenvalue weighted by atomic mass is 19.1. The molecule has 3 atom stereocenters. The Morgan fingerprint density at radius 1 is 1.59 bits per heavy atom. The van der Waals surface area contributed by atoms with Crippen LogP contribution in [-0.4, -0.2) is 23.2 Å². The van der Waals surface area contributed by atoms with E-state index < -0.39 is 0 Å². The fourth-order valence-electron chi connectivity index (χ4n) is 2.01. The standard InChI is InChI=1S/C13H19FN2O/c1-4-13(3)8-16-9(2)12(17-13)11-6-5-10(14)7-15-11/h5-7,9,12,16H,4,8H2,1-3H3. The average Bonchev–Trinajstić information content (AvgIpc) is 2.34. The molecule has 0 spiro atoms. The van der Waals surface area contributed by atoms with Crippen LogP contribution in [0.1, 0.15) is 39.0 Å². The van der Waals surface area contributed by atoms with E-state index in [-0.39, 0.29) is 23.6 Å². The van der Waals surface area contributed by atoms with Crippen LogP contribution in [0.25, 0.3) is 0 Å². The molecular formula is C13H19FN2O. The maximum atomic E-state index is 12.9. The van der Waals surface area contributed by atoms with E-state index in [2.05, 4.69) is 31.1 Å². The molecule has 1 saturated heterocycles. The third-order valence-electron chi connectivity index (χ3n) is 3.45. The van der Waals surface area contributed by atoms with E-state index in [4.69, 9.17) is 4.74 Å². The van der Waals surface area contributed by atoms with E-state index in [0.29, 0.717) is 0 Å². The molecule has 0 aromatic carbocycles. The lowest BCUT2D eigenvalue weighted by molar-refractivity contribution is -0.128. The highest BCUT2D eigenvalue weighted by Gasteiger charge is 2.36. The number of hydrogen-bond acceptors (Lipinski definition) is 3. The van der Waals surface area contributed by atoms with Crippen molar-refractivity contribution < 1.29 is 9.13 Å². The smallest absolute Gasteiger partial charge is 0.141 e. The Balaban J connectivity index is 2.20. The molecule has 2 heterocycles. The first-order chi connectivity index (χ1) is 8.04. The first-order valence-electron chi connectivity index (χ1n) is 6.07. The predicted octanol–water partition coefficient (Wildman–Crippen LogP) is 2.44. The molecule has 1 N–H and O–H groups in total. The molecule has 17 heavy (non-hydrogen) atoms. The summed E-state index contributed by atoms with van der Waals surface area (Å²) in [6.07, 6.45) is 2.06. The van der Waals surface area contributed by atoms with Crippen LogP contribution in [0.4, 0.5) is 4.39 Å². The van der Waals surface area contributed by atoms with Crippen LogP contribution in [0.15, 0.2) is 18.3 Å². The molecule has 1 aliphatic rings. The van der Waals surface area contributed by atoms with Crippen molar-refractivity contribution in [2.75, 3.05) is 6.54 Å². The lowest BCUT2D eigenvalue weighted by atomic mass is 9.96. The van der Waals surface area contributed by atoms with E-state index in [1.54, 1.807) is 6.07 Å². The van der Waals surface area contributed by atoms with E-state index in [1.165, 1.54) is 12.3 Å². The second kappa shape index (κ2) is 4.70. The molecule has 0 radical (unpaired) electrons. The van der Waals surface area contributed by atoms with Gasteiger partial charge in [-0.25, -0.2) is 4.39 Å². The summed E-state index contributed by atoms with van der Waals surface area (Å²) in [4.78, 5) is 4.11. The second-order valence-corrected chi connectivity index (χ2v) is 4.91. The van der Waals surface area contributed by atoms with E-state index in [9.17, 15) is 4.39 Å². The summed E-state index contributed by atoms with van der Waals surface area (Å²) in [6, 6.07) is 3.31. The number of rotatable bonds is 2. The molecule has 3 unspecified atom stereocenters. The van der Waals surface area contributed by atoms with Gasteiger partial charge in [-0.15, -0.1) is 0 Å². The van der Waals surface area contributed by atoms with E-state index in [1.807, 2.05) is 0 Å². The maximum Gasteiger partial charge on any atom is 0.141 e. The Labute approximate surface area is 101 Å². The Morgan fingerprint density at radius 3 is 2.94 bits per heavy atom. The molecule has 94 valence electrons. The van der Waals surface area contributed by atoms with Crippen molar-refractivity contribution in [1.29, 1.82) is 0 Å². The minimum absolute atomic E-state index is 0.116. The first-order valence-corrected chi connectivity index (χ1v) is 6.07. The third-order valence-corrected chi connectivity index (χ3v) is 3.45. The lowest BCUT2D eigenvalue weighted by Crippen LogP contribution is -2.53. The van der Waals surface area contributed by atoms with Crippen molar-refractivity contribution in [3.8, 4) is 0 Å². The number of pyridine rings is 1. The number of aromatic nitrogens is 1. The number of nitrogens with one attached hydrogen (secondary N) is 1. The summed E-state index contributed by atoms with van der Waals surface area (Å²) in [5.74, 6) is -0.316. The van der Waals surface area contributed by atoms with Gasteiger partial charge in [0.15, 0.2) is 0 Å². The summed E-state index contributed by atoms with van der Waals surface area (Å²) >= 11 is 0. The molecule has 0 aliphatic carbocycles. The van der Waals surface area contributed by atoms with Crippen LogP contribution in [0, 0.1) is 5.82 Å². The van der Waals surface area contributed by atoms with Gasteiger partial charge < -0.3 is 10.1 Å². The predicted molar refractivity (Wildman–Crippen MR) is 64.2 cm³/mol. The number of hydrogen-bond donors (Lipinski definition) is 1. The fourth-order valence-corrected chi connectivity index (χ4v) is 2.01. The van der Waals surface area contributed by atoms with Crippen LogP contribution in [0.2, 0.25) is 0 Å². The quantitative estimate of drug-likeness (QED) is 0.859. The number of ether oxygens (including phenoxy) is 1. The van der Waals surface area contributed by atoms with Crippen LogP contribution >= 0.6 is 0 Å². The monoisotopic (exact) mass is 238 g/mol. The zero-order valence-electron chi connectivity index (χ0n) is 10.5. The van der Waals surface area contributed by atoms with Gasteiger partial charge in [-0.2, -0.15) is 0 Å². The molecule has 1 aliphatic heterocycles. The fraction of sp³-hybridized carbons (Fsp3) is 0.615. The largest absolute Gasteiger partial charge is 0.363 e. The maximum absolute atomic E-state index is 12.9. The summed E-state index contributed by atoms with van der Waals surface area (Å²) in [5, 5.41) is 3.43. The Bertz CT molecular complexity index is 382. The zero-order valence-corrected chi connectivity index (χ0v) is 10.5. The van der Waals surface area contributed by atoms with Crippen molar-refractivity contribution in [2.45, 2.75) is 44.9 Å². The zero-order chi connectivity index (χ0) is 12.5. The highest BCUT2D eigenvalue weighted by Crippen LogP contribution is 2.31. The van der Waals surface area contributed by atoms with Gasteiger partial charge in [0, 0.05) is 12.6 Å². The summed E-state index contributed by atoms with van der Waals surface area (Å²) < 4.78 is 19.0. The SMILES string of the molecule is CCC1(C)CNC(C)C(c2ccc(F)cn2)O1. The van der Waals surface area contributed by atoms with Gasteiger partial charge in [0.2, 0.25) is 0 Å². The normalized spacial score (nSPS) is 33.6. The summed E-state index contributed by atoms with van der Waals surface area (Å²) in [7, 11) is 0. The molecule has 0 bridgehead atoms. The molecule has 1 aromatic rings. The first kappa shape index (κ1) is 12.5. The van der Waals surface area contributed by atoms with Gasteiger partial charge in [0.25, 0.3) is 0 Å². The Kier molecular flexibility index (Phi) is 3.45. The van der Waals surface area contributed by atoms with Crippen LogP contribution in [0.3, 0.4) is 0 Å². The molecule has 3 nitrogen and oxygen atoms in total. The minimum Gasteiger partial charge on any atom is -0.363 e. The molecular weight excluding hydrogens is 219 g/mol. The van der Waals surface area contributed by atoms with Crippen molar-refractivity contribution in [1.82, 2.24) is 10.3 Å². The number of morpholine rings is 1.